The maximum Gasteiger partial charge on any atom is 0.416 e. The second-order valence-electron chi connectivity index (χ2n) is 6.79. The minimum Gasteiger partial charge on any atom is -0.462 e. The summed E-state index contributed by atoms with van der Waals surface area (Å²) < 4.78 is 90.9. The van der Waals surface area contributed by atoms with E-state index in [0.717, 1.165) is 0 Å². The van der Waals surface area contributed by atoms with Crippen molar-refractivity contribution in [1.82, 2.24) is 14.6 Å². The molecule has 0 spiro atoms. The summed E-state index contributed by atoms with van der Waals surface area (Å²) in [6, 6.07) is 7.16. The van der Waals surface area contributed by atoms with E-state index in [1.54, 1.807) is 25.1 Å². The third-order valence-electron chi connectivity index (χ3n) is 4.58. The molecule has 33 heavy (non-hydrogen) atoms. The van der Waals surface area contributed by atoms with Crippen LogP contribution in [0.25, 0.3) is 16.6 Å². The molecule has 0 N–H and O–H groups in total. The highest BCUT2D eigenvalue weighted by atomic mass is 19.4. The van der Waals surface area contributed by atoms with Crippen LogP contribution in [0, 0.1) is 0 Å². The van der Waals surface area contributed by atoms with Crippen LogP contribution in [0.3, 0.4) is 0 Å². The standard InChI is InChI=1S/C21H13F6N3O3/c1-2-32-19(31)15-10-28-30-16-6-4-3-5-14(16)18(29-17(15)30)33-13-8-11(20(22,23)24)7-12(9-13)21(25,26)27/h3-10H,2H2,1H3. The second kappa shape index (κ2) is 7.94. The van der Waals surface area contributed by atoms with Crippen LogP contribution in [-0.4, -0.2) is 27.2 Å². The zero-order valence-corrected chi connectivity index (χ0v) is 16.7. The molecule has 6 nitrogen and oxygen atoms in total. The van der Waals surface area contributed by atoms with Crippen molar-refractivity contribution in [3.63, 3.8) is 0 Å². The molecule has 0 amide bonds. The van der Waals surface area contributed by atoms with Gasteiger partial charge in [0.05, 0.1) is 34.8 Å². The van der Waals surface area contributed by atoms with Gasteiger partial charge in [0, 0.05) is 0 Å². The first-order valence-corrected chi connectivity index (χ1v) is 9.40. The molecule has 0 radical (unpaired) electrons. The van der Waals surface area contributed by atoms with E-state index in [4.69, 9.17) is 9.47 Å². The minimum absolute atomic E-state index is 0.00256. The van der Waals surface area contributed by atoms with Gasteiger partial charge in [-0.3, -0.25) is 0 Å². The van der Waals surface area contributed by atoms with Crippen molar-refractivity contribution in [3.05, 3.63) is 65.4 Å². The van der Waals surface area contributed by atoms with E-state index in [2.05, 4.69) is 10.1 Å². The summed E-state index contributed by atoms with van der Waals surface area (Å²) in [4.78, 5) is 16.4. The molecule has 0 aliphatic heterocycles. The average Bonchev–Trinajstić information content (AvgIpc) is 3.17. The summed E-state index contributed by atoms with van der Waals surface area (Å²) in [6.07, 6.45) is -8.88. The van der Waals surface area contributed by atoms with Crippen molar-refractivity contribution >= 4 is 22.5 Å². The maximum absolute atomic E-state index is 13.2. The third kappa shape index (κ3) is 4.28. The highest BCUT2D eigenvalue weighted by molar-refractivity contribution is 5.98. The van der Waals surface area contributed by atoms with Crippen molar-refractivity contribution in [2.24, 2.45) is 0 Å². The number of aromatic nitrogens is 3. The molecule has 2 aromatic heterocycles. The molecule has 0 bridgehead atoms. The average molecular weight is 469 g/mol. The molecular formula is C21H13F6N3O3. The van der Waals surface area contributed by atoms with Gasteiger partial charge in [-0.15, -0.1) is 0 Å². The van der Waals surface area contributed by atoms with E-state index in [-0.39, 0.29) is 35.2 Å². The number of carbonyl (C=O) groups excluding carboxylic acids is 1. The van der Waals surface area contributed by atoms with Crippen LogP contribution < -0.4 is 4.74 Å². The number of fused-ring (bicyclic) bond motifs is 3. The Labute approximate surface area is 181 Å². The number of nitrogens with zero attached hydrogens (tertiary/aromatic N) is 3. The first kappa shape index (κ1) is 22.4. The molecule has 0 fully saturated rings. The van der Waals surface area contributed by atoms with Crippen molar-refractivity contribution in [2.75, 3.05) is 6.61 Å². The van der Waals surface area contributed by atoms with Crippen LogP contribution in [0.2, 0.25) is 0 Å². The molecule has 2 heterocycles. The molecule has 0 aliphatic rings. The Morgan fingerprint density at radius 2 is 1.64 bits per heavy atom. The molecule has 0 atom stereocenters. The summed E-state index contributed by atoms with van der Waals surface area (Å²) in [5.74, 6) is -1.78. The molecule has 4 aromatic rings. The highest BCUT2D eigenvalue weighted by Gasteiger charge is 2.37. The van der Waals surface area contributed by atoms with Crippen molar-refractivity contribution in [3.8, 4) is 11.6 Å². The SMILES string of the molecule is CCOC(=O)c1cnn2c1nc(Oc1cc(C(F)(F)F)cc(C(F)(F)F)c1)c1ccccc12. The van der Waals surface area contributed by atoms with Gasteiger partial charge in [-0.2, -0.15) is 36.4 Å². The number of ether oxygens (including phenoxy) is 2. The predicted octanol–water partition coefficient (Wildman–Crippen LogP) is 5.89. The number of hydrogen-bond donors (Lipinski definition) is 0. The van der Waals surface area contributed by atoms with Crippen LogP contribution in [0.1, 0.15) is 28.4 Å². The lowest BCUT2D eigenvalue weighted by atomic mass is 10.1. The van der Waals surface area contributed by atoms with Crippen LogP contribution in [0.15, 0.2) is 48.7 Å². The monoisotopic (exact) mass is 469 g/mol. The quantitative estimate of drug-likeness (QED) is 0.276. The van der Waals surface area contributed by atoms with Gasteiger partial charge in [0.25, 0.3) is 0 Å². The van der Waals surface area contributed by atoms with E-state index in [1.165, 1.54) is 16.8 Å². The van der Waals surface area contributed by atoms with Crippen LogP contribution in [-0.2, 0) is 17.1 Å². The molecule has 0 saturated heterocycles. The van der Waals surface area contributed by atoms with Gasteiger partial charge >= 0.3 is 18.3 Å². The number of carbonyl (C=O) groups is 1. The Morgan fingerprint density at radius 3 is 2.24 bits per heavy atom. The van der Waals surface area contributed by atoms with E-state index < -0.39 is 35.2 Å². The zero-order chi connectivity index (χ0) is 24.0. The van der Waals surface area contributed by atoms with Gasteiger partial charge in [0.15, 0.2) is 5.65 Å². The van der Waals surface area contributed by atoms with E-state index >= 15 is 0 Å². The fraction of sp³-hybridized carbons (Fsp3) is 0.190. The predicted molar refractivity (Wildman–Crippen MR) is 103 cm³/mol. The number of esters is 1. The van der Waals surface area contributed by atoms with Crippen LogP contribution in [0.5, 0.6) is 11.6 Å². The Balaban J connectivity index is 1.91. The van der Waals surface area contributed by atoms with Gasteiger partial charge in [-0.25, -0.2) is 9.31 Å². The molecule has 0 aliphatic carbocycles. The first-order valence-electron chi connectivity index (χ1n) is 9.40. The summed E-state index contributed by atoms with van der Waals surface area (Å²) in [5.41, 5.74) is -2.79. The zero-order valence-electron chi connectivity index (χ0n) is 16.7. The summed E-state index contributed by atoms with van der Waals surface area (Å²) >= 11 is 0. The number of alkyl halides is 6. The van der Waals surface area contributed by atoms with Crippen molar-refractivity contribution in [2.45, 2.75) is 19.3 Å². The Morgan fingerprint density at radius 1 is 1.00 bits per heavy atom. The molecule has 4 rings (SSSR count). The van der Waals surface area contributed by atoms with Gasteiger partial charge in [-0.05, 0) is 37.3 Å². The Bertz CT molecular complexity index is 1330. The number of benzene rings is 2. The largest absolute Gasteiger partial charge is 0.462 e. The van der Waals surface area contributed by atoms with Gasteiger partial charge < -0.3 is 9.47 Å². The van der Waals surface area contributed by atoms with Crippen molar-refractivity contribution in [1.29, 1.82) is 0 Å². The Kier molecular flexibility index (Phi) is 5.38. The van der Waals surface area contributed by atoms with Crippen LogP contribution in [0.4, 0.5) is 26.3 Å². The van der Waals surface area contributed by atoms with Crippen LogP contribution >= 0.6 is 0 Å². The molecule has 2 aromatic carbocycles. The minimum atomic E-state index is -5.04. The van der Waals surface area contributed by atoms with Crippen molar-refractivity contribution < 1.29 is 40.6 Å². The third-order valence-corrected chi connectivity index (χ3v) is 4.58. The van der Waals surface area contributed by atoms with E-state index in [1.807, 2.05) is 0 Å². The highest BCUT2D eigenvalue weighted by Crippen LogP contribution is 2.40. The summed E-state index contributed by atoms with van der Waals surface area (Å²) in [7, 11) is 0. The topological polar surface area (TPSA) is 65.7 Å². The first-order chi connectivity index (χ1) is 15.5. The van der Waals surface area contributed by atoms with E-state index in [0.29, 0.717) is 17.6 Å². The lowest BCUT2D eigenvalue weighted by molar-refractivity contribution is -0.143. The number of hydrogen-bond acceptors (Lipinski definition) is 5. The lowest BCUT2D eigenvalue weighted by Gasteiger charge is -2.15. The number of para-hydroxylation sites is 1. The molecular weight excluding hydrogens is 456 g/mol. The van der Waals surface area contributed by atoms with Gasteiger partial charge in [0.2, 0.25) is 5.88 Å². The summed E-state index contributed by atoms with van der Waals surface area (Å²) in [6.45, 7) is 1.66. The normalized spacial score (nSPS) is 12.3. The number of halogens is 6. The fourth-order valence-corrected chi connectivity index (χ4v) is 3.15. The smallest absolute Gasteiger partial charge is 0.416 e. The maximum atomic E-state index is 13.2. The fourth-order valence-electron chi connectivity index (χ4n) is 3.15. The molecule has 0 unspecified atom stereocenters. The van der Waals surface area contributed by atoms with E-state index in [9.17, 15) is 31.1 Å². The van der Waals surface area contributed by atoms with Gasteiger partial charge in [0.1, 0.15) is 11.3 Å². The second-order valence-corrected chi connectivity index (χ2v) is 6.79. The number of rotatable bonds is 4. The molecule has 0 saturated carbocycles. The summed E-state index contributed by atoms with van der Waals surface area (Å²) in [5, 5.41) is 4.34. The lowest BCUT2D eigenvalue weighted by Crippen LogP contribution is -2.11. The Hall–Kier alpha value is -3.83. The molecule has 12 heteroatoms. The molecule has 172 valence electrons. The van der Waals surface area contributed by atoms with Gasteiger partial charge in [-0.1, -0.05) is 12.1 Å².